The van der Waals surface area contributed by atoms with E-state index in [1.165, 1.54) is 0 Å². The van der Waals surface area contributed by atoms with Crippen LogP contribution in [0.2, 0.25) is 0 Å². The maximum absolute atomic E-state index is 13.3. The van der Waals surface area contributed by atoms with Crippen LogP contribution in [0.1, 0.15) is 54.3 Å². The van der Waals surface area contributed by atoms with Gasteiger partial charge in [-0.05, 0) is 56.3 Å². The lowest BCUT2D eigenvalue weighted by Crippen LogP contribution is -2.42. The molecule has 2 aliphatic heterocycles. The molecule has 3 aromatic heterocycles. The molecule has 9 nitrogen and oxygen atoms in total. The number of pyridine rings is 1. The van der Waals surface area contributed by atoms with E-state index in [1.54, 1.807) is 6.20 Å². The summed E-state index contributed by atoms with van der Waals surface area (Å²) in [6.45, 7) is 3.78. The van der Waals surface area contributed by atoms with E-state index in [0.717, 1.165) is 69.8 Å². The summed E-state index contributed by atoms with van der Waals surface area (Å²) in [6.07, 6.45) is 2.71. The molecule has 0 unspecified atom stereocenters. The lowest BCUT2D eigenvalue weighted by atomic mass is 9.88. The van der Waals surface area contributed by atoms with Crippen LogP contribution in [0.25, 0.3) is 33.3 Å². The second kappa shape index (κ2) is 10.0. The normalized spacial score (nSPS) is 18.9. The van der Waals surface area contributed by atoms with E-state index in [-0.39, 0.29) is 23.0 Å². The highest BCUT2D eigenvalue weighted by molar-refractivity contribution is 5.98. The molecular formula is C29H30F2N6O3. The zero-order valence-corrected chi connectivity index (χ0v) is 21.9. The van der Waals surface area contributed by atoms with Gasteiger partial charge >= 0.3 is 0 Å². The number of piperidine rings is 1. The molecule has 0 amide bonds. The number of nitriles is 1. The Kier molecular flexibility index (Phi) is 6.32. The largest absolute Gasteiger partial charge is 0.485 e. The van der Waals surface area contributed by atoms with Gasteiger partial charge in [-0.2, -0.15) is 5.26 Å². The lowest BCUT2D eigenvalue weighted by molar-refractivity contribution is -0.0487. The van der Waals surface area contributed by atoms with E-state index >= 15 is 0 Å². The molecule has 3 N–H and O–H groups in total. The Morgan fingerprint density at radius 3 is 2.62 bits per heavy atom. The van der Waals surface area contributed by atoms with Gasteiger partial charge in [-0.3, -0.25) is 4.79 Å². The van der Waals surface area contributed by atoms with E-state index in [1.807, 2.05) is 12.1 Å². The first-order chi connectivity index (χ1) is 19.5. The zero-order valence-electron chi connectivity index (χ0n) is 21.9. The molecule has 208 valence electrons. The van der Waals surface area contributed by atoms with Gasteiger partial charge < -0.3 is 29.3 Å². The van der Waals surface area contributed by atoms with Crippen molar-refractivity contribution >= 4 is 21.9 Å². The topological polar surface area (TPSA) is 123 Å². The van der Waals surface area contributed by atoms with Crippen molar-refractivity contribution in [3.63, 3.8) is 0 Å². The van der Waals surface area contributed by atoms with Crippen LogP contribution in [0, 0.1) is 17.2 Å². The smallest absolute Gasteiger partial charge is 0.272 e. The Labute approximate surface area is 228 Å². The quantitative estimate of drug-likeness (QED) is 0.295. The molecule has 3 fully saturated rings. The van der Waals surface area contributed by atoms with Crippen molar-refractivity contribution in [1.82, 2.24) is 24.8 Å². The SMILES string of the molecule is N#Cc1c(C2CC2)[nH]c2c(-c3nc4c(OCC(F)F)c(C5CCN(CC6COC6)CC5)ccc4[nH]3)c(=O)[nH]cc12. The van der Waals surface area contributed by atoms with Crippen molar-refractivity contribution in [2.24, 2.45) is 5.92 Å². The third kappa shape index (κ3) is 4.45. The Balaban J connectivity index is 1.27. The van der Waals surface area contributed by atoms with Gasteiger partial charge in [0.1, 0.15) is 29.6 Å². The summed E-state index contributed by atoms with van der Waals surface area (Å²) in [5.74, 6) is 1.67. The Morgan fingerprint density at radius 1 is 1.15 bits per heavy atom. The molecule has 2 saturated heterocycles. The number of alkyl halides is 2. The highest BCUT2D eigenvalue weighted by Crippen LogP contribution is 2.44. The van der Waals surface area contributed by atoms with Crippen molar-refractivity contribution < 1.29 is 18.3 Å². The third-order valence-electron chi connectivity index (χ3n) is 8.47. The van der Waals surface area contributed by atoms with Crippen LogP contribution in [-0.4, -0.2) is 70.7 Å². The van der Waals surface area contributed by atoms with Gasteiger partial charge in [0.05, 0.1) is 29.8 Å². The van der Waals surface area contributed by atoms with Crippen molar-refractivity contribution in [3.05, 3.63) is 45.5 Å². The minimum absolute atomic E-state index is 0.153. The van der Waals surface area contributed by atoms with Gasteiger partial charge in [0.2, 0.25) is 0 Å². The number of ether oxygens (including phenoxy) is 2. The van der Waals surface area contributed by atoms with Crippen LogP contribution >= 0.6 is 0 Å². The average Bonchev–Trinajstić information content (AvgIpc) is 3.57. The van der Waals surface area contributed by atoms with Crippen LogP contribution in [0.5, 0.6) is 5.75 Å². The Morgan fingerprint density at radius 2 is 1.95 bits per heavy atom. The number of fused-ring (bicyclic) bond motifs is 2. The minimum atomic E-state index is -2.63. The van der Waals surface area contributed by atoms with Crippen molar-refractivity contribution in [1.29, 1.82) is 5.26 Å². The summed E-state index contributed by atoms with van der Waals surface area (Å²) in [5, 5.41) is 10.5. The standard InChI is InChI=1S/C29H30F2N6O3/c30-22(31)14-40-27-18(16-5-7-37(8-6-16)11-15-12-39-13-15)3-4-21-26(27)36-28(34-21)23-25-20(10-33-29(23)38)19(9-32)24(35-25)17-1-2-17/h3-4,10,15-17,22,35H,1-2,5-8,11-14H2,(H,33,38)(H,34,36). The van der Waals surface area contributed by atoms with E-state index in [2.05, 4.69) is 25.9 Å². The van der Waals surface area contributed by atoms with Crippen molar-refractivity contribution in [3.8, 4) is 23.2 Å². The monoisotopic (exact) mass is 548 g/mol. The molecule has 4 aromatic rings. The van der Waals surface area contributed by atoms with E-state index in [0.29, 0.717) is 45.0 Å². The second-order valence-electron chi connectivity index (χ2n) is 11.2. The fourth-order valence-corrected chi connectivity index (χ4v) is 6.21. The van der Waals surface area contributed by atoms with E-state index in [9.17, 15) is 18.8 Å². The number of rotatable bonds is 8. The Bertz CT molecular complexity index is 1670. The van der Waals surface area contributed by atoms with Crippen LogP contribution in [0.4, 0.5) is 8.78 Å². The highest BCUT2D eigenvalue weighted by atomic mass is 19.3. The molecule has 1 aromatic carbocycles. The molecule has 0 radical (unpaired) electrons. The fourth-order valence-electron chi connectivity index (χ4n) is 6.21. The van der Waals surface area contributed by atoms with E-state index in [4.69, 9.17) is 14.5 Å². The summed E-state index contributed by atoms with van der Waals surface area (Å²) in [4.78, 5) is 29.6. The molecule has 40 heavy (non-hydrogen) atoms. The van der Waals surface area contributed by atoms with Gasteiger partial charge in [0, 0.05) is 35.7 Å². The summed E-state index contributed by atoms with van der Waals surface area (Å²) in [7, 11) is 0. The zero-order chi connectivity index (χ0) is 27.4. The van der Waals surface area contributed by atoms with E-state index < -0.39 is 13.0 Å². The predicted octanol–water partition coefficient (Wildman–Crippen LogP) is 4.62. The van der Waals surface area contributed by atoms with Gasteiger partial charge in [-0.1, -0.05) is 6.07 Å². The first kappa shape index (κ1) is 25.2. The molecule has 11 heteroatoms. The number of aromatic amines is 3. The summed E-state index contributed by atoms with van der Waals surface area (Å²) in [5.41, 5.74) is 3.72. The number of imidazole rings is 1. The molecule has 7 rings (SSSR count). The summed E-state index contributed by atoms with van der Waals surface area (Å²) < 4.78 is 37.6. The van der Waals surface area contributed by atoms with Crippen LogP contribution in [0.15, 0.2) is 23.1 Å². The lowest BCUT2D eigenvalue weighted by Gasteiger charge is -2.37. The van der Waals surface area contributed by atoms with Gasteiger partial charge in [-0.15, -0.1) is 0 Å². The Hall–Kier alpha value is -3.75. The number of halogens is 2. The molecule has 1 aliphatic carbocycles. The first-order valence-electron chi connectivity index (χ1n) is 13.9. The van der Waals surface area contributed by atoms with Gasteiger partial charge in [0.25, 0.3) is 12.0 Å². The number of H-pyrrole nitrogens is 3. The fraction of sp³-hybridized carbons (Fsp3) is 0.483. The molecular weight excluding hydrogens is 518 g/mol. The van der Waals surface area contributed by atoms with Gasteiger partial charge in [0.15, 0.2) is 5.75 Å². The molecule has 0 bridgehead atoms. The van der Waals surface area contributed by atoms with Crippen LogP contribution in [-0.2, 0) is 4.74 Å². The number of likely N-dealkylation sites (tertiary alicyclic amines) is 1. The molecule has 0 spiro atoms. The second-order valence-corrected chi connectivity index (χ2v) is 11.2. The molecule has 1 saturated carbocycles. The van der Waals surface area contributed by atoms with Gasteiger partial charge in [-0.25, -0.2) is 13.8 Å². The highest BCUT2D eigenvalue weighted by Gasteiger charge is 2.32. The summed E-state index contributed by atoms with van der Waals surface area (Å²) >= 11 is 0. The van der Waals surface area contributed by atoms with Crippen molar-refractivity contribution in [2.45, 2.75) is 43.9 Å². The third-order valence-corrected chi connectivity index (χ3v) is 8.47. The number of hydrogen-bond acceptors (Lipinski definition) is 6. The number of nitrogens with one attached hydrogen (secondary N) is 3. The molecule has 5 heterocycles. The average molecular weight is 549 g/mol. The predicted molar refractivity (Wildman–Crippen MR) is 145 cm³/mol. The van der Waals surface area contributed by atoms with Crippen LogP contribution < -0.4 is 10.3 Å². The number of nitrogens with zero attached hydrogens (tertiary/aromatic N) is 3. The minimum Gasteiger partial charge on any atom is -0.485 e. The van der Waals surface area contributed by atoms with Crippen molar-refractivity contribution in [2.75, 3.05) is 39.5 Å². The molecule has 0 atom stereocenters. The number of benzene rings is 1. The first-order valence-corrected chi connectivity index (χ1v) is 13.9. The summed E-state index contributed by atoms with van der Waals surface area (Å²) in [6, 6.07) is 6.10. The number of aromatic nitrogens is 4. The maximum atomic E-state index is 13.3. The maximum Gasteiger partial charge on any atom is 0.272 e. The van der Waals surface area contributed by atoms with Crippen LogP contribution in [0.3, 0.4) is 0 Å². The molecule has 3 aliphatic rings. The number of hydrogen-bond donors (Lipinski definition) is 3.